The molecule has 1 unspecified atom stereocenters. The summed E-state index contributed by atoms with van der Waals surface area (Å²) in [6, 6.07) is 0. The number of hydrogen-bond donors (Lipinski definition) is 3. The molecule has 37 heavy (non-hydrogen) atoms. The summed E-state index contributed by atoms with van der Waals surface area (Å²) in [7, 11) is -3.52. The summed E-state index contributed by atoms with van der Waals surface area (Å²) < 4.78 is 22.3. The van der Waals surface area contributed by atoms with E-state index in [1.165, 1.54) is 70.6 Å². The highest BCUT2D eigenvalue weighted by molar-refractivity contribution is 7.53. The van der Waals surface area contributed by atoms with Gasteiger partial charge in [-0.15, -0.1) is 0 Å². The van der Waals surface area contributed by atoms with Crippen LogP contribution in [0.4, 0.5) is 0 Å². The number of hydrogen-bond acceptors (Lipinski definition) is 5. The van der Waals surface area contributed by atoms with Crippen LogP contribution in [-0.4, -0.2) is 48.7 Å². The van der Waals surface area contributed by atoms with Gasteiger partial charge in [0.05, 0.1) is 18.7 Å². The highest BCUT2D eigenvalue weighted by Crippen LogP contribution is 2.57. The van der Waals surface area contributed by atoms with Crippen LogP contribution < -0.4 is 11.1 Å². The third kappa shape index (κ3) is 18.1. The van der Waals surface area contributed by atoms with Gasteiger partial charge in [-0.25, -0.2) is 0 Å². The molecule has 0 aliphatic heterocycles. The van der Waals surface area contributed by atoms with Crippen molar-refractivity contribution >= 4 is 19.5 Å². The van der Waals surface area contributed by atoms with Gasteiger partial charge in [0.2, 0.25) is 5.91 Å². The Bertz CT molecular complexity index is 642. The minimum atomic E-state index is -3.52. The molecule has 1 rings (SSSR count). The fourth-order valence-corrected chi connectivity index (χ4v) is 6.59. The van der Waals surface area contributed by atoms with E-state index in [9.17, 15) is 19.0 Å². The second kappa shape index (κ2) is 21.9. The molecule has 0 spiro atoms. The topological polar surface area (TPSA) is 130 Å². The summed E-state index contributed by atoms with van der Waals surface area (Å²) in [6.45, 7) is 3.50. The predicted octanol–water partition coefficient (Wildman–Crippen LogP) is 5.52. The number of esters is 1. The van der Waals surface area contributed by atoms with Gasteiger partial charge in [0.25, 0.3) is 0 Å². The summed E-state index contributed by atoms with van der Waals surface area (Å²) >= 11 is 0. The number of carbonyl (C=O) groups is 2. The predicted molar refractivity (Wildman–Crippen MR) is 148 cm³/mol. The second-order valence-electron chi connectivity index (χ2n) is 10.7. The molecule has 0 radical (unpaired) electrons. The number of amides is 1. The Kier molecular flexibility index (Phi) is 20.2. The molecule has 0 aromatic carbocycles. The third-order valence-corrected chi connectivity index (χ3v) is 9.18. The van der Waals surface area contributed by atoms with Gasteiger partial charge < -0.3 is 25.2 Å². The highest BCUT2D eigenvalue weighted by Gasteiger charge is 2.42. The van der Waals surface area contributed by atoms with Crippen molar-refractivity contribution in [3.63, 3.8) is 0 Å². The Hall–Kier alpha value is -0.950. The molecule has 1 aliphatic rings. The Morgan fingerprint density at radius 3 is 2.00 bits per heavy atom. The summed E-state index contributed by atoms with van der Waals surface area (Å²) in [5, 5.41) is 2.83. The van der Waals surface area contributed by atoms with Crippen LogP contribution in [0, 0.1) is 5.92 Å². The van der Waals surface area contributed by atoms with Crippen LogP contribution in [0.25, 0.3) is 0 Å². The molecule has 0 aromatic rings. The molecule has 0 aromatic heterocycles. The van der Waals surface area contributed by atoms with Crippen LogP contribution in [0.3, 0.4) is 0 Å². The van der Waals surface area contributed by atoms with E-state index < -0.39 is 7.60 Å². The fourth-order valence-electron chi connectivity index (χ4n) is 4.86. The number of unbranched alkanes of at least 4 members (excludes halogenated alkanes) is 12. The molecule has 1 saturated carbocycles. The first-order valence-electron chi connectivity index (χ1n) is 15.1. The lowest BCUT2D eigenvalue weighted by Crippen LogP contribution is -2.52. The normalized spacial score (nSPS) is 18.7. The molecule has 5 N–H and O–H groups in total. The van der Waals surface area contributed by atoms with E-state index >= 15 is 0 Å². The van der Waals surface area contributed by atoms with Crippen LogP contribution >= 0.6 is 7.60 Å². The summed E-state index contributed by atoms with van der Waals surface area (Å²) in [4.78, 5) is 33.7. The Labute approximate surface area is 225 Å². The lowest BCUT2D eigenvalue weighted by Gasteiger charge is -2.37. The molecular weight excluding hydrogens is 491 g/mol. The molecule has 8 nitrogen and oxygen atoms in total. The van der Waals surface area contributed by atoms with Crippen molar-refractivity contribution in [3.8, 4) is 0 Å². The zero-order valence-electron chi connectivity index (χ0n) is 23.6. The van der Waals surface area contributed by atoms with Gasteiger partial charge in [0.1, 0.15) is 13.2 Å². The van der Waals surface area contributed by atoms with Crippen molar-refractivity contribution in [2.45, 2.75) is 135 Å². The molecule has 0 bridgehead atoms. The van der Waals surface area contributed by atoms with Crippen LogP contribution in [0.15, 0.2) is 0 Å². The van der Waals surface area contributed by atoms with E-state index in [0.29, 0.717) is 51.1 Å². The maximum atomic E-state index is 12.0. The highest BCUT2D eigenvalue weighted by atomic mass is 31.2. The van der Waals surface area contributed by atoms with Gasteiger partial charge in [-0.2, -0.15) is 0 Å². The summed E-state index contributed by atoms with van der Waals surface area (Å²) in [6.07, 6.45) is 20.5. The van der Waals surface area contributed by atoms with Gasteiger partial charge in [0.15, 0.2) is 0 Å². The second-order valence-corrected chi connectivity index (χ2v) is 12.8. The van der Waals surface area contributed by atoms with Gasteiger partial charge in [-0.3, -0.25) is 14.2 Å². The van der Waals surface area contributed by atoms with Gasteiger partial charge in [0, 0.05) is 12.8 Å². The van der Waals surface area contributed by atoms with Gasteiger partial charge in [-0.05, 0) is 38.0 Å². The number of nitrogens with one attached hydrogen (secondary N) is 1. The standard InChI is InChI=1S/C28H55N2O6P/c1-2-3-4-5-6-7-8-9-10-11-12-13-14-17-27(31)30-20-22-35-28(32)18-15-16-25-23-26(24-25)37(33,34)36-21-19-29/h25-26H,2-24,29H2,1H3,(H,30,31)(H,33,34)/p+1. The van der Waals surface area contributed by atoms with Crippen molar-refractivity contribution in [3.05, 3.63) is 0 Å². The molecule has 0 heterocycles. The first-order valence-corrected chi connectivity index (χ1v) is 16.7. The number of rotatable bonds is 25. The number of quaternary nitrogens is 1. The smallest absolute Gasteiger partial charge is 0.331 e. The van der Waals surface area contributed by atoms with E-state index in [4.69, 9.17) is 9.26 Å². The average molecular weight is 548 g/mol. The minimum absolute atomic E-state index is 0.0269. The van der Waals surface area contributed by atoms with Gasteiger partial charge in [-0.1, -0.05) is 84.0 Å². The van der Waals surface area contributed by atoms with Crippen molar-refractivity contribution < 1.29 is 34.0 Å². The van der Waals surface area contributed by atoms with E-state index in [2.05, 4.69) is 18.0 Å². The Morgan fingerprint density at radius 1 is 0.865 bits per heavy atom. The van der Waals surface area contributed by atoms with Crippen LogP contribution in [0.5, 0.6) is 0 Å². The number of carbonyl (C=O) groups excluding carboxylic acids is 2. The van der Waals surface area contributed by atoms with E-state index in [-0.39, 0.29) is 30.7 Å². The van der Waals surface area contributed by atoms with Crippen molar-refractivity contribution in [1.82, 2.24) is 5.32 Å². The van der Waals surface area contributed by atoms with E-state index in [1.54, 1.807) is 0 Å². The van der Waals surface area contributed by atoms with Crippen molar-refractivity contribution in [2.24, 2.45) is 5.92 Å². The lowest BCUT2D eigenvalue weighted by molar-refractivity contribution is -0.371. The van der Waals surface area contributed by atoms with Crippen LogP contribution in [0.1, 0.15) is 129 Å². The average Bonchev–Trinajstić information content (AvgIpc) is 2.84. The largest absolute Gasteiger partial charge is 0.464 e. The Balaban J connectivity index is 1.85. The van der Waals surface area contributed by atoms with E-state index in [0.717, 1.165) is 19.3 Å². The lowest BCUT2D eigenvalue weighted by atomic mass is 9.81. The zero-order chi connectivity index (χ0) is 27.2. The van der Waals surface area contributed by atoms with Crippen molar-refractivity contribution in [2.75, 3.05) is 26.3 Å². The summed E-state index contributed by atoms with van der Waals surface area (Å²) in [5.41, 5.74) is 3.34. The molecule has 9 heteroatoms. The van der Waals surface area contributed by atoms with Gasteiger partial charge >= 0.3 is 13.6 Å². The molecule has 1 amide bonds. The van der Waals surface area contributed by atoms with Crippen LogP contribution in [-0.2, 0) is 23.4 Å². The quantitative estimate of drug-likeness (QED) is 0.0784. The maximum Gasteiger partial charge on any atom is 0.331 e. The van der Waals surface area contributed by atoms with Crippen molar-refractivity contribution in [1.29, 1.82) is 0 Å². The van der Waals surface area contributed by atoms with Crippen LogP contribution in [0.2, 0.25) is 0 Å². The minimum Gasteiger partial charge on any atom is -0.464 e. The summed E-state index contributed by atoms with van der Waals surface area (Å²) in [5.74, 6) is 0.137. The molecule has 1 aliphatic carbocycles. The Morgan fingerprint density at radius 2 is 1.43 bits per heavy atom. The third-order valence-electron chi connectivity index (χ3n) is 7.28. The molecule has 218 valence electrons. The maximum absolute atomic E-state index is 12.0. The first kappa shape index (κ1) is 34.1. The SMILES string of the molecule is CCCCCCCCCCCCCCCC(=O)NCCOC(=O)CCCC1CC(P(=O)(O)OCC[NH3+])C1. The fraction of sp³-hybridized carbons (Fsp3) is 0.929. The molecular formula is C28H56N2O6P+. The van der Waals surface area contributed by atoms with E-state index in [1.807, 2.05) is 0 Å². The molecule has 0 saturated heterocycles. The molecule has 1 fully saturated rings. The monoisotopic (exact) mass is 547 g/mol. The number of ether oxygens (including phenoxy) is 1. The first-order chi connectivity index (χ1) is 17.9. The zero-order valence-corrected chi connectivity index (χ0v) is 24.5. The molecule has 1 atom stereocenters.